The number of phenolic OH excluding ortho intramolecular Hbond substituents is 1. The van der Waals surface area contributed by atoms with Gasteiger partial charge in [0.25, 0.3) is 0 Å². The molecule has 0 aliphatic carbocycles. The second-order valence-electron chi connectivity index (χ2n) is 8.47. The third-order valence-corrected chi connectivity index (χ3v) is 6.31. The molecule has 2 aromatic heterocycles. The quantitative estimate of drug-likeness (QED) is 0.500. The van der Waals surface area contributed by atoms with Gasteiger partial charge in [-0.15, -0.1) is 0 Å². The van der Waals surface area contributed by atoms with Crippen molar-refractivity contribution in [3.8, 4) is 11.4 Å². The van der Waals surface area contributed by atoms with Crippen LogP contribution in [0.3, 0.4) is 0 Å². The summed E-state index contributed by atoms with van der Waals surface area (Å²) in [5, 5.41) is 15.3. The van der Waals surface area contributed by atoms with Gasteiger partial charge < -0.3 is 19.9 Å². The van der Waals surface area contributed by atoms with Gasteiger partial charge in [-0.3, -0.25) is 4.98 Å². The summed E-state index contributed by atoms with van der Waals surface area (Å²) in [4.78, 5) is 6.88. The Hall–Kier alpha value is -2.57. The van der Waals surface area contributed by atoms with Crippen molar-refractivity contribution in [1.29, 1.82) is 0 Å². The molecule has 7 heteroatoms. The number of nitrogens with zero attached hydrogens (tertiary/aromatic N) is 3. The molecule has 0 spiro atoms. The molecular formula is C24H27ClN4OS. The third kappa shape index (κ3) is 4.02. The zero-order chi connectivity index (χ0) is 22.3. The highest BCUT2D eigenvalue weighted by Gasteiger charge is 2.41. The van der Waals surface area contributed by atoms with Crippen LogP contribution < -0.4 is 5.32 Å². The molecular weight excluding hydrogens is 428 g/mol. The number of hydrogen-bond acceptors (Lipinski definition) is 3. The van der Waals surface area contributed by atoms with Crippen LogP contribution in [0.2, 0.25) is 5.02 Å². The van der Waals surface area contributed by atoms with Crippen LogP contribution in [0.15, 0.2) is 48.7 Å². The van der Waals surface area contributed by atoms with Gasteiger partial charge in [-0.05, 0) is 73.9 Å². The van der Waals surface area contributed by atoms with Crippen molar-refractivity contribution < 1.29 is 5.11 Å². The number of rotatable bonds is 5. The number of phenols is 1. The summed E-state index contributed by atoms with van der Waals surface area (Å²) in [5.41, 5.74) is 4.84. The standard InChI is InChI=1S/C24H27ClN4OS/c1-14(2)13-28-23(22(27-24(28)31)19-7-5-6-10-26-19)18-11-15(3)29(16(18)4)20-12-17(25)8-9-21(20)30/h5-12,14,22-23,30H,13H2,1-4H3,(H,27,31)/t22-,23+/m0/s1. The van der Waals surface area contributed by atoms with E-state index in [1.165, 1.54) is 0 Å². The molecule has 0 saturated carbocycles. The molecule has 2 N–H and O–H groups in total. The molecule has 0 amide bonds. The van der Waals surface area contributed by atoms with Crippen LogP contribution in [-0.4, -0.2) is 31.2 Å². The molecule has 162 valence electrons. The fourth-order valence-corrected chi connectivity index (χ4v) is 4.95. The van der Waals surface area contributed by atoms with E-state index in [1.807, 2.05) is 31.3 Å². The number of aryl methyl sites for hydroxylation is 1. The number of thiocarbonyl (C=S) groups is 1. The Balaban J connectivity index is 1.86. The van der Waals surface area contributed by atoms with Gasteiger partial charge in [-0.1, -0.05) is 31.5 Å². The minimum atomic E-state index is -0.0608. The predicted octanol–water partition coefficient (Wildman–Crippen LogP) is 5.48. The van der Waals surface area contributed by atoms with Crippen molar-refractivity contribution in [2.24, 2.45) is 5.92 Å². The summed E-state index contributed by atoms with van der Waals surface area (Å²) in [5.74, 6) is 0.642. The lowest BCUT2D eigenvalue weighted by molar-refractivity contribution is 0.287. The zero-order valence-electron chi connectivity index (χ0n) is 18.1. The van der Waals surface area contributed by atoms with E-state index in [1.54, 1.807) is 18.2 Å². The van der Waals surface area contributed by atoms with Crippen molar-refractivity contribution in [2.75, 3.05) is 6.54 Å². The fourth-order valence-electron chi connectivity index (χ4n) is 4.47. The Bertz CT molecular complexity index is 1110. The Morgan fingerprint density at radius 3 is 2.65 bits per heavy atom. The van der Waals surface area contributed by atoms with Crippen LogP contribution in [0.5, 0.6) is 5.75 Å². The fraction of sp³-hybridized carbons (Fsp3) is 0.333. The molecule has 31 heavy (non-hydrogen) atoms. The second kappa shape index (κ2) is 8.52. The van der Waals surface area contributed by atoms with Gasteiger partial charge in [-0.25, -0.2) is 0 Å². The molecule has 4 rings (SSSR count). The smallest absolute Gasteiger partial charge is 0.170 e. The van der Waals surface area contributed by atoms with Gasteiger partial charge in [0.1, 0.15) is 5.75 Å². The average molecular weight is 455 g/mol. The minimum Gasteiger partial charge on any atom is -0.506 e. The van der Waals surface area contributed by atoms with E-state index in [-0.39, 0.29) is 17.8 Å². The number of aromatic hydroxyl groups is 1. The van der Waals surface area contributed by atoms with E-state index < -0.39 is 0 Å². The molecule has 5 nitrogen and oxygen atoms in total. The first kappa shape index (κ1) is 21.7. The summed E-state index contributed by atoms with van der Waals surface area (Å²) in [6.07, 6.45) is 1.81. The lowest BCUT2D eigenvalue weighted by atomic mass is 9.96. The Kier molecular flexibility index (Phi) is 5.95. The maximum atomic E-state index is 10.5. The van der Waals surface area contributed by atoms with Crippen molar-refractivity contribution in [2.45, 2.75) is 39.8 Å². The molecule has 3 aromatic rings. The van der Waals surface area contributed by atoms with Gasteiger partial charge in [0.15, 0.2) is 5.11 Å². The maximum absolute atomic E-state index is 10.5. The number of aromatic nitrogens is 2. The first-order valence-corrected chi connectivity index (χ1v) is 11.2. The third-order valence-electron chi connectivity index (χ3n) is 5.73. The molecule has 1 aliphatic heterocycles. The molecule has 0 bridgehead atoms. The van der Waals surface area contributed by atoms with E-state index in [2.05, 4.69) is 46.6 Å². The van der Waals surface area contributed by atoms with Crippen molar-refractivity contribution in [1.82, 2.24) is 19.8 Å². The monoisotopic (exact) mass is 454 g/mol. The van der Waals surface area contributed by atoms with Gasteiger partial charge in [0.2, 0.25) is 0 Å². The summed E-state index contributed by atoms with van der Waals surface area (Å²) >= 11 is 12.0. The number of nitrogens with one attached hydrogen (secondary N) is 1. The van der Waals surface area contributed by atoms with Crippen LogP contribution in [-0.2, 0) is 0 Å². The second-order valence-corrected chi connectivity index (χ2v) is 9.29. The highest BCUT2D eigenvalue weighted by atomic mass is 35.5. The summed E-state index contributed by atoms with van der Waals surface area (Å²) in [7, 11) is 0. The topological polar surface area (TPSA) is 53.3 Å². The largest absolute Gasteiger partial charge is 0.506 e. The lowest BCUT2D eigenvalue weighted by Crippen LogP contribution is -2.33. The van der Waals surface area contributed by atoms with E-state index in [0.29, 0.717) is 16.6 Å². The molecule has 1 saturated heterocycles. The van der Waals surface area contributed by atoms with Gasteiger partial charge in [0, 0.05) is 29.2 Å². The first-order chi connectivity index (χ1) is 14.8. The molecule has 2 atom stereocenters. The van der Waals surface area contributed by atoms with E-state index in [0.717, 1.165) is 34.3 Å². The highest BCUT2D eigenvalue weighted by Crippen LogP contribution is 2.42. The SMILES string of the molecule is Cc1cc([C@@H]2[C@H](c3ccccn3)NC(=S)N2CC(C)C)c(C)n1-c1cc(Cl)ccc1O. The van der Waals surface area contributed by atoms with Crippen molar-refractivity contribution in [3.05, 3.63) is 76.3 Å². The number of pyridine rings is 1. The number of benzene rings is 1. The maximum Gasteiger partial charge on any atom is 0.170 e. The Labute approximate surface area is 193 Å². The molecule has 0 unspecified atom stereocenters. The molecule has 1 aromatic carbocycles. The van der Waals surface area contributed by atoms with Crippen LogP contribution in [0.25, 0.3) is 5.69 Å². The summed E-state index contributed by atoms with van der Waals surface area (Å²) < 4.78 is 2.06. The van der Waals surface area contributed by atoms with Crippen LogP contribution in [0.4, 0.5) is 0 Å². The number of halogens is 1. The Morgan fingerprint density at radius 1 is 1.19 bits per heavy atom. The van der Waals surface area contributed by atoms with Gasteiger partial charge in [0.05, 0.1) is 23.5 Å². The highest BCUT2D eigenvalue weighted by molar-refractivity contribution is 7.80. The van der Waals surface area contributed by atoms with Crippen LogP contribution in [0, 0.1) is 19.8 Å². The van der Waals surface area contributed by atoms with E-state index in [9.17, 15) is 5.11 Å². The molecule has 1 aliphatic rings. The van der Waals surface area contributed by atoms with E-state index >= 15 is 0 Å². The lowest BCUT2D eigenvalue weighted by Gasteiger charge is -2.29. The first-order valence-electron chi connectivity index (χ1n) is 10.4. The average Bonchev–Trinajstić information content (AvgIpc) is 3.20. The van der Waals surface area contributed by atoms with Gasteiger partial charge in [-0.2, -0.15) is 0 Å². The van der Waals surface area contributed by atoms with Crippen molar-refractivity contribution >= 4 is 28.9 Å². The Morgan fingerprint density at radius 2 is 1.97 bits per heavy atom. The van der Waals surface area contributed by atoms with Crippen molar-refractivity contribution in [3.63, 3.8) is 0 Å². The van der Waals surface area contributed by atoms with Crippen LogP contribution >= 0.6 is 23.8 Å². The molecule has 3 heterocycles. The minimum absolute atomic E-state index is 0.00826. The zero-order valence-corrected chi connectivity index (χ0v) is 19.7. The number of hydrogen-bond donors (Lipinski definition) is 2. The molecule has 0 radical (unpaired) electrons. The summed E-state index contributed by atoms with van der Waals surface area (Å²) in [6, 6.07) is 13.2. The van der Waals surface area contributed by atoms with E-state index in [4.69, 9.17) is 23.8 Å². The normalized spacial score (nSPS) is 18.6. The van der Waals surface area contributed by atoms with Gasteiger partial charge >= 0.3 is 0 Å². The molecule has 1 fully saturated rings. The van der Waals surface area contributed by atoms with Crippen LogP contribution in [0.1, 0.15) is 48.6 Å². The predicted molar refractivity (Wildman–Crippen MR) is 129 cm³/mol. The summed E-state index contributed by atoms with van der Waals surface area (Å²) in [6.45, 7) is 9.35.